The number of carbonyl (C=O) groups excluding carboxylic acids is 1. The van der Waals surface area contributed by atoms with Crippen LogP contribution >= 0.6 is 0 Å². The first-order valence-corrected chi connectivity index (χ1v) is 9.51. The molecule has 4 rings (SSSR count). The lowest BCUT2D eigenvalue weighted by Gasteiger charge is -2.32. The molecule has 0 bridgehead atoms. The highest BCUT2D eigenvalue weighted by Gasteiger charge is 2.23. The molecule has 0 unspecified atom stereocenters. The Bertz CT molecular complexity index is 1040. The number of hydrogen-bond donors (Lipinski definition) is 1. The summed E-state index contributed by atoms with van der Waals surface area (Å²) in [7, 11) is 1.61. The molecule has 7 heteroatoms. The van der Waals surface area contributed by atoms with Gasteiger partial charge in [-0.15, -0.1) is 0 Å². The van der Waals surface area contributed by atoms with Crippen LogP contribution in [0, 0.1) is 0 Å². The number of likely N-dealkylation sites (tertiary alicyclic amines) is 1. The SMILES string of the molecule is Cn1c(=O)c(C(=O)NC2CCN(Cc3ccccc3)CC2)nc2cccnc21. The molecule has 1 fully saturated rings. The lowest BCUT2D eigenvalue weighted by molar-refractivity contribution is 0.0902. The number of hydrogen-bond acceptors (Lipinski definition) is 5. The van der Waals surface area contributed by atoms with Crippen molar-refractivity contribution in [3.8, 4) is 0 Å². The summed E-state index contributed by atoms with van der Waals surface area (Å²) in [5, 5.41) is 2.99. The van der Waals surface area contributed by atoms with Gasteiger partial charge in [-0.1, -0.05) is 30.3 Å². The van der Waals surface area contributed by atoms with Crippen LogP contribution in [-0.4, -0.2) is 44.5 Å². The van der Waals surface area contributed by atoms with E-state index in [1.807, 2.05) is 6.07 Å². The van der Waals surface area contributed by atoms with Crippen LogP contribution in [0.25, 0.3) is 11.2 Å². The first-order chi connectivity index (χ1) is 13.6. The lowest BCUT2D eigenvalue weighted by Crippen LogP contribution is -2.46. The molecule has 28 heavy (non-hydrogen) atoms. The van der Waals surface area contributed by atoms with E-state index >= 15 is 0 Å². The number of amides is 1. The van der Waals surface area contributed by atoms with Crippen LogP contribution in [0.5, 0.6) is 0 Å². The van der Waals surface area contributed by atoms with E-state index in [1.54, 1.807) is 25.4 Å². The minimum Gasteiger partial charge on any atom is -0.348 e. The first-order valence-electron chi connectivity index (χ1n) is 9.51. The Morgan fingerprint density at radius 1 is 1.14 bits per heavy atom. The van der Waals surface area contributed by atoms with Gasteiger partial charge in [-0.25, -0.2) is 9.97 Å². The molecule has 0 aliphatic carbocycles. The summed E-state index contributed by atoms with van der Waals surface area (Å²) in [6.45, 7) is 2.74. The largest absolute Gasteiger partial charge is 0.348 e. The quantitative estimate of drug-likeness (QED) is 0.749. The number of pyridine rings is 1. The fraction of sp³-hybridized carbons (Fsp3) is 0.333. The third-order valence-corrected chi connectivity index (χ3v) is 5.21. The van der Waals surface area contributed by atoms with Crippen LogP contribution in [0.1, 0.15) is 28.9 Å². The Morgan fingerprint density at radius 3 is 2.64 bits per heavy atom. The molecule has 3 aromatic rings. The predicted octanol–water partition coefficient (Wildman–Crippen LogP) is 1.72. The zero-order valence-corrected chi connectivity index (χ0v) is 15.8. The van der Waals surface area contributed by atoms with Gasteiger partial charge in [0, 0.05) is 38.9 Å². The van der Waals surface area contributed by atoms with Crippen LogP contribution in [0.4, 0.5) is 0 Å². The van der Waals surface area contributed by atoms with E-state index < -0.39 is 11.5 Å². The van der Waals surface area contributed by atoms with Crippen molar-refractivity contribution in [2.45, 2.75) is 25.4 Å². The van der Waals surface area contributed by atoms with Gasteiger partial charge in [0.25, 0.3) is 11.5 Å². The summed E-state index contributed by atoms with van der Waals surface area (Å²) in [6.07, 6.45) is 3.31. The predicted molar refractivity (Wildman–Crippen MR) is 107 cm³/mol. The fourth-order valence-electron chi connectivity index (χ4n) is 3.64. The molecule has 1 saturated heterocycles. The van der Waals surface area contributed by atoms with Crippen molar-refractivity contribution in [2.24, 2.45) is 7.05 Å². The molecule has 1 N–H and O–H groups in total. The maximum absolute atomic E-state index is 12.7. The molecule has 2 aromatic heterocycles. The number of fused-ring (bicyclic) bond motifs is 1. The molecule has 0 atom stereocenters. The van der Waals surface area contributed by atoms with Gasteiger partial charge in [-0.2, -0.15) is 0 Å². The molecule has 0 saturated carbocycles. The van der Waals surface area contributed by atoms with Crippen molar-refractivity contribution < 1.29 is 4.79 Å². The third kappa shape index (κ3) is 3.80. The van der Waals surface area contributed by atoms with E-state index in [-0.39, 0.29) is 11.7 Å². The second-order valence-electron chi connectivity index (χ2n) is 7.18. The maximum atomic E-state index is 12.7. The van der Waals surface area contributed by atoms with E-state index in [0.717, 1.165) is 32.5 Å². The van der Waals surface area contributed by atoms with E-state index in [9.17, 15) is 9.59 Å². The summed E-state index contributed by atoms with van der Waals surface area (Å²) in [4.78, 5) is 36.0. The average Bonchev–Trinajstić information content (AvgIpc) is 2.73. The Hall–Kier alpha value is -3.06. The number of rotatable bonds is 4. The van der Waals surface area contributed by atoms with Crippen LogP contribution in [0.3, 0.4) is 0 Å². The van der Waals surface area contributed by atoms with Crippen molar-refractivity contribution >= 4 is 17.1 Å². The van der Waals surface area contributed by atoms with Crippen molar-refractivity contribution in [3.63, 3.8) is 0 Å². The van der Waals surface area contributed by atoms with E-state index in [0.29, 0.717) is 11.2 Å². The van der Waals surface area contributed by atoms with Crippen LogP contribution in [0.15, 0.2) is 53.5 Å². The van der Waals surface area contributed by atoms with Crippen molar-refractivity contribution in [1.82, 2.24) is 24.8 Å². The van der Waals surface area contributed by atoms with Gasteiger partial charge in [0.15, 0.2) is 11.3 Å². The van der Waals surface area contributed by atoms with Crippen LogP contribution in [-0.2, 0) is 13.6 Å². The van der Waals surface area contributed by atoms with Crippen molar-refractivity contribution in [1.29, 1.82) is 0 Å². The van der Waals surface area contributed by atoms with E-state index in [4.69, 9.17) is 0 Å². The molecule has 0 radical (unpaired) electrons. The topological polar surface area (TPSA) is 80.1 Å². The summed E-state index contributed by atoms with van der Waals surface area (Å²) in [5.41, 5.74) is 1.80. The van der Waals surface area contributed by atoms with Crippen LogP contribution < -0.4 is 10.9 Å². The smallest absolute Gasteiger partial charge is 0.283 e. The minimum atomic E-state index is -0.426. The highest BCUT2D eigenvalue weighted by Crippen LogP contribution is 2.14. The lowest BCUT2D eigenvalue weighted by atomic mass is 10.0. The molecule has 0 spiro atoms. The Labute approximate surface area is 163 Å². The van der Waals surface area contributed by atoms with Gasteiger partial charge in [0.2, 0.25) is 0 Å². The number of piperidine rings is 1. The fourth-order valence-corrected chi connectivity index (χ4v) is 3.64. The van der Waals surface area contributed by atoms with Gasteiger partial charge in [0.05, 0.1) is 0 Å². The Morgan fingerprint density at radius 2 is 1.89 bits per heavy atom. The summed E-state index contributed by atoms with van der Waals surface area (Å²) >= 11 is 0. The molecule has 3 heterocycles. The number of aryl methyl sites for hydroxylation is 1. The Kier molecular flexibility index (Phi) is 5.16. The maximum Gasteiger partial charge on any atom is 0.283 e. The standard InChI is InChI=1S/C21H23N5O2/c1-25-19-17(8-5-11-22-19)24-18(21(25)28)20(27)23-16-9-12-26(13-10-16)14-15-6-3-2-4-7-15/h2-8,11,16H,9-10,12-14H2,1H3,(H,23,27). The minimum absolute atomic E-state index is 0.0515. The zero-order valence-electron chi connectivity index (χ0n) is 15.8. The summed E-state index contributed by atoms with van der Waals surface area (Å²) < 4.78 is 1.37. The van der Waals surface area contributed by atoms with Gasteiger partial charge in [-0.3, -0.25) is 19.1 Å². The van der Waals surface area contributed by atoms with Crippen LogP contribution in [0.2, 0.25) is 0 Å². The Balaban J connectivity index is 1.40. The van der Waals surface area contributed by atoms with Gasteiger partial charge in [0.1, 0.15) is 5.52 Å². The first kappa shape index (κ1) is 18.3. The molecule has 1 aliphatic heterocycles. The molecular formula is C21H23N5O2. The van der Waals surface area contributed by atoms with Crippen molar-refractivity contribution in [2.75, 3.05) is 13.1 Å². The van der Waals surface area contributed by atoms with Gasteiger partial charge >= 0.3 is 0 Å². The van der Waals surface area contributed by atoms with Gasteiger partial charge < -0.3 is 5.32 Å². The highest BCUT2D eigenvalue weighted by atomic mass is 16.2. The molecule has 1 aromatic carbocycles. The average molecular weight is 377 g/mol. The molecule has 1 aliphatic rings. The number of benzene rings is 1. The highest BCUT2D eigenvalue weighted by molar-refractivity contribution is 5.93. The van der Waals surface area contributed by atoms with E-state index in [2.05, 4.69) is 44.5 Å². The third-order valence-electron chi connectivity index (χ3n) is 5.21. The number of carbonyl (C=O) groups is 1. The summed E-state index contributed by atoms with van der Waals surface area (Å²) in [5.74, 6) is -0.409. The zero-order chi connectivity index (χ0) is 19.5. The second kappa shape index (κ2) is 7.90. The second-order valence-corrected chi connectivity index (χ2v) is 7.18. The van der Waals surface area contributed by atoms with E-state index in [1.165, 1.54) is 10.1 Å². The number of nitrogens with one attached hydrogen (secondary N) is 1. The molecular weight excluding hydrogens is 354 g/mol. The normalized spacial score (nSPS) is 15.6. The molecule has 1 amide bonds. The molecule has 144 valence electrons. The van der Waals surface area contributed by atoms with Gasteiger partial charge in [-0.05, 0) is 30.5 Å². The van der Waals surface area contributed by atoms with Crippen molar-refractivity contribution in [3.05, 3.63) is 70.3 Å². The summed E-state index contributed by atoms with van der Waals surface area (Å²) in [6, 6.07) is 13.9. The monoisotopic (exact) mass is 377 g/mol. The number of nitrogens with zero attached hydrogens (tertiary/aromatic N) is 4. The number of aromatic nitrogens is 3. The molecule has 7 nitrogen and oxygen atoms in total.